The van der Waals surface area contributed by atoms with Gasteiger partial charge in [0.1, 0.15) is 11.5 Å². The van der Waals surface area contributed by atoms with Gasteiger partial charge in [0.25, 0.3) is 0 Å². The second kappa shape index (κ2) is 16.0. The summed E-state index contributed by atoms with van der Waals surface area (Å²) in [7, 11) is 3.34. The molecule has 0 aliphatic carbocycles. The van der Waals surface area contributed by atoms with Crippen molar-refractivity contribution in [2.75, 3.05) is 14.2 Å². The molecule has 43 heavy (non-hydrogen) atoms. The second-order valence-electron chi connectivity index (χ2n) is 9.46. The van der Waals surface area contributed by atoms with Gasteiger partial charge in [0.15, 0.2) is 0 Å². The van der Waals surface area contributed by atoms with E-state index >= 15 is 0 Å². The Morgan fingerprint density at radius 2 is 1.21 bits per heavy atom. The molecule has 0 fully saturated rings. The number of nitrogens with one attached hydrogen (secondary N) is 1. The van der Waals surface area contributed by atoms with Gasteiger partial charge in [-0.25, -0.2) is 9.97 Å². The zero-order valence-electron chi connectivity index (χ0n) is 24.6. The highest BCUT2D eigenvalue weighted by molar-refractivity contribution is 9.09. The maximum atomic E-state index is 5.17. The Hall–Kier alpha value is -4.76. The molecule has 0 bridgehead atoms. The normalized spacial score (nSPS) is 11.7. The van der Waals surface area contributed by atoms with Crippen LogP contribution in [0.25, 0.3) is 22.3 Å². The number of benzene rings is 2. The molecule has 0 spiro atoms. The largest absolute Gasteiger partial charge is 0.497 e. The summed E-state index contributed by atoms with van der Waals surface area (Å²) < 4.78 is 12.3. The number of aromatic amines is 1. The third kappa shape index (κ3) is 9.11. The van der Waals surface area contributed by atoms with Crippen molar-refractivity contribution in [1.29, 1.82) is 0 Å². The van der Waals surface area contributed by atoms with Crippen LogP contribution in [0.3, 0.4) is 0 Å². The summed E-state index contributed by atoms with van der Waals surface area (Å²) in [5.41, 5.74) is 6.55. The number of methoxy groups -OCH3 is 2. The lowest BCUT2D eigenvalue weighted by atomic mass is 10.1. The number of pyridine rings is 2. The zero-order chi connectivity index (χ0) is 30.4. The van der Waals surface area contributed by atoms with Crippen LogP contribution >= 0.6 is 15.9 Å². The molecule has 0 aliphatic heterocycles. The fourth-order valence-corrected chi connectivity index (χ4v) is 4.34. The average Bonchev–Trinajstić information content (AvgIpc) is 3.83. The molecule has 6 rings (SSSR count). The Bertz CT molecular complexity index is 1570. The fourth-order valence-electron chi connectivity index (χ4n) is 4.07. The molecule has 4 aromatic heterocycles. The average molecular weight is 640 g/mol. The first-order valence-electron chi connectivity index (χ1n) is 13.7. The van der Waals surface area contributed by atoms with Crippen molar-refractivity contribution in [2.24, 2.45) is 0 Å². The maximum absolute atomic E-state index is 5.17. The molecule has 2 atom stereocenters. The number of hydrogen-bond donors (Lipinski definition) is 1. The molecule has 220 valence electrons. The quantitative estimate of drug-likeness (QED) is 0.177. The molecular formula is C34H35BrN6O2. The van der Waals surface area contributed by atoms with E-state index in [-0.39, 0.29) is 10.9 Å². The molecule has 8 nitrogen and oxygen atoms in total. The Morgan fingerprint density at radius 3 is 1.56 bits per heavy atom. The maximum Gasteiger partial charge on any atom is 0.118 e. The number of alkyl halides is 1. The van der Waals surface area contributed by atoms with Gasteiger partial charge in [-0.05, 0) is 61.4 Å². The molecule has 0 radical (unpaired) electrons. The summed E-state index contributed by atoms with van der Waals surface area (Å²) in [6, 6.07) is 24.4. The number of imidazole rings is 2. The lowest BCUT2D eigenvalue weighted by Crippen LogP contribution is -2.06. The van der Waals surface area contributed by atoms with Gasteiger partial charge in [0.05, 0.1) is 49.1 Å². The van der Waals surface area contributed by atoms with E-state index in [1.807, 2.05) is 84.1 Å². The third-order valence-corrected chi connectivity index (χ3v) is 7.10. The first-order chi connectivity index (χ1) is 21.0. The van der Waals surface area contributed by atoms with Gasteiger partial charge < -0.3 is 19.0 Å². The molecule has 0 saturated carbocycles. The van der Waals surface area contributed by atoms with Crippen LogP contribution in [0.5, 0.6) is 11.5 Å². The van der Waals surface area contributed by atoms with E-state index < -0.39 is 0 Å². The van der Waals surface area contributed by atoms with Crippen molar-refractivity contribution in [1.82, 2.24) is 29.5 Å². The molecule has 0 saturated heterocycles. The van der Waals surface area contributed by atoms with Crippen molar-refractivity contribution in [3.8, 4) is 33.8 Å². The number of halogens is 1. The lowest BCUT2D eigenvalue weighted by Gasteiger charge is -2.13. The molecule has 0 amide bonds. The number of nitrogens with zero attached hydrogens (tertiary/aromatic N) is 5. The Morgan fingerprint density at radius 1 is 0.674 bits per heavy atom. The van der Waals surface area contributed by atoms with Crippen LogP contribution in [-0.2, 0) is 0 Å². The minimum Gasteiger partial charge on any atom is -0.497 e. The summed E-state index contributed by atoms with van der Waals surface area (Å²) in [6.07, 6.45) is 14.4. The van der Waals surface area contributed by atoms with Crippen molar-refractivity contribution in [3.63, 3.8) is 0 Å². The van der Waals surface area contributed by atoms with Crippen LogP contribution in [0.2, 0.25) is 0 Å². The van der Waals surface area contributed by atoms with Gasteiger partial charge >= 0.3 is 0 Å². The van der Waals surface area contributed by atoms with Crippen molar-refractivity contribution in [2.45, 2.75) is 24.7 Å². The molecule has 2 aromatic carbocycles. The van der Waals surface area contributed by atoms with Crippen molar-refractivity contribution < 1.29 is 9.47 Å². The minimum absolute atomic E-state index is 0.178. The van der Waals surface area contributed by atoms with Gasteiger partial charge in [0.2, 0.25) is 0 Å². The topological polar surface area (TPSA) is 90.7 Å². The van der Waals surface area contributed by atoms with Crippen LogP contribution in [0.1, 0.15) is 36.1 Å². The molecule has 6 aromatic rings. The van der Waals surface area contributed by atoms with Gasteiger partial charge in [-0.3, -0.25) is 9.97 Å². The number of H-pyrrole nitrogens is 1. The van der Waals surface area contributed by atoms with Crippen LogP contribution in [0.15, 0.2) is 123 Å². The predicted octanol–water partition coefficient (Wildman–Crippen LogP) is 8.19. The third-order valence-electron chi connectivity index (χ3n) is 6.63. The highest BCUT2D eigenvalue weighted by atomic mass is 79.9. The smallest absolute Gasteiger partial charge is 0.118 e. The summed E-state index contributed by atoms with van der Waals surface area (Å²) in [4.78, 5) is 19.8. The van der Waals surface area contributed by atoms with Crippen LogP contribution in [0, 0.1) is 0 Å². The Balaban J connectivity index is 0.000000172. The minimum atomic E-state index is 0.178. The predicted molar refractivity (Wildman–Crippen MR) is 174 cm³/mol. The number of hydrogen-bond acceptors (Lipinski definition) is 6. The second-order valence-corrected chi connectivity index (χ2v) is 10.8. The molecule has 9 heteroatoms. The van der Waals surface area contributed by atoms with E-state index in [0.717, 1.165) is 45.1 Å². The van der Waals surface area contributed by atoms with Crippen LogP contribution in [-0.4, -0.2) is 43.7 Å². The van der Waals surface area contributed by atoms with Gasteiger partial charge in [0, 0.05) is 48.3 Å². The van der Waals surface area contributed by atoms with E-state index in [4.69, 9.17) is 9.47 Å². The van der Waals surface area contributed by atoms with Crippen molar-refractivity contribution >= 4 is 15.9 Å². The molecule has 2 unspecified atom stereocenters. The number of aromatic nitrogens is 6. The molecule has 1 N–H and O–H groups in total. The standard InChI is InChI=1S/C17H17N3O.C14H14BrNO.C3H4N2/c1-13(20-10-9-18-12-20)17-8-5-15(11-19-17)14-3-6-16(21-2)7-4-14;1-10(15)14-8-5-12(9-16-14)11-3-6-13(17-2)7-4-11;1-2-5-3-4-1/h3-13H,1-2H3;3-10H,1-2H3;1-3H,(H,4,5). The van der Waals surface area contributed by atoms with E-state index in [1.54, 1.807) is 39.1 Å². The highest BCUT2D eigenvalue weighted by Crippen LogP contribution is 2.25. The summed E-state index contributed by atoms with van der Waals surface area (Å²) in [5, 5.41) is 0. The lowest BCUT2D eigenvalue weighted by molar-refractivity contribution is 0.415. The molecule has 4 heterocycles. The van der Waals surface area contributed by atoms with Gasteiger partial charge in [-0.15, -0.1) is 0 Å². The molecule has 0 aliphatic rings. The summed E-state index contributed by atoms with van der Waals surface area (Å²) >= 11 is 3.50. The van der Waals surface area contributed by atoms with Crippen LogP contribution < -0.4 is 9.47 Å². The monoisotopic (exact) mass is 638 g/mol. The van der Waals surface area contributed by atoms with Crippen LogP contribution in [0.4, 0.5) is 0 Å². The zero-order valence-corrected chi connectivity index (χ0v) is 26.2. The van der Waals surface area contributed by atoms with Gasteiger partial charge in [-0.1, -0.05) is 52.3 Å². The number of rotatable bonds is 7. The first-order valence-corrected chi connectivity index (χ1v) is 14.6. The van der Waals surface area contributed by atoms with Crippen molar-refractivity contribution in [3.05, 3.63) is 134 Å². The number of ether oxygens (including phenoxy) is 2. The first kappa shape index (κ1) is 31.2. The summed E-state index contributed by atoms with van der Waals surface area (Å²) in [5.74, 6) is 1.73. The SMILES string of the molecule is COc1ccc(-c2ccc(C(C)Br)nc2)cc1.COc1ccc(-c2ccc(C(C)n3ccnc3)nc2)cc1.c1c[nH]cn1. The Kier molecular flexibility index (Phi) is 11.6. The molecular weight excluding hydrogens is 604 g/mol. The fraction of sp³-hybridized carbons (Fsp3) is 0.176. The highest BCUT2D eigenvalue weighted by Gasteiger charge is 2.09. The summed E-state index contributed by atoms with van der Waals surface area (Å²) in [6.45, 7) is 4.17. The van der Waals surface area contributed by atoms with E-state index in [1.165, 1.54) is 0 Å². The van der Waals surface area contributed by atoms with Gasteiger partial charge in [-0.2, -0.15) is 0 Å². The van der Waals surface area contributed by atoms with E-state index in [0.29, 0.717) is 0 Å². The van der Waals surface area contributed by atoms with E-state index in [2.05, 4.69) is 72.9 Å². The van der Waals surface area contributed by atoms with E-state index in [9.17, 15) is 0 Å². The Labute approximate surface area is 261 Å².